The van der Waals surface area contributed by atoms with Gasteiger partial charge >= 0.3 is 6.18 Å². The number of benzene rings is 2. The predicted molar refractivity (Wildman–Crippen MR) is 102 cm³/mol. The smallest absolute Gasteiger partial charge is 0.377 e. The maximum absolute atomic E-state index is 12.8. The quantitative estimate of drug-likeness (QED) is 0.691. The van der Waals surface area contributed by atoms with Gasteiger partial charge in [0, 0.05) is 18.2 Å². The Morgan fingerprint density at radius 3 is 2.29 bits per heavy atom. The number of nitriles is 1. The first kappa shape index (κ1) is 20.2. The SMILES string of the molecule is CC(C)OC[C@@H]1CC(c2ccc(C(F)(F)F)cc2)CN1c1ccc(C#N)cc1. The third-order valence-corrected chi connectivity index (χ3v) is 5.07. The largest absolute Gasteiger partial charge is 0.416 e. The average molecular weight is 388 g/mol. The van der Waals surface area contributed by atoms with Crippen molar-refractivity contribution in [2.75, 3.05) is 18.1 Å². The fraction of sp³-hybridized carbons (Fsp3) is 0.409. The van der Waals surface area contributed by atoms with Gasteiger partial charge in [-0.3, -0.25) is 0 Å². The maximum Gasteiger partial charge on any atom is 0.416 e. The van der Waals surface area contributed by atoms with E-state index >= 15 is 0 Å². The first-order valence-corrected chi connectivity index (χ1v) is 9.33. The summed E-state index contributed by atoms with van der Waals surface area (Å²) in [6.07, 6.45) is -3.41. The van der Waals surface area contributed by atoms with Gasteiger partial charge in [-0.25, -0.2) is 0 Å². The second kappa shape index (κ2) is 8.24. The second-order valence-electron chi connectivity index (χ2n) is 7.40. The fourth-order valence-corrected chi connectivity index (χ4v) is 3.61. The van der Waals surface area contributed by atoms with Gasteiger partial charge in [0.25, 0.3) is 0 Å². The number of ether oxygens (including phenoxy) is 1. The van der Waals surface area contributed by atoms with E-state index in [0.29, 0.717) is 18.7 Å². The van der Waals surface area contributed by atoms with E-state index in [4.69, 9.17) is 10.00 Å². The molecule has 6 heteroatoms. The molecule has 0 amide bonds. The van der Waals surface area contributed by atoms with Crippen LogP contribution < -0.4 is 4.90 Å². The molecule has 2 aromatic carbocycles. The highest BCUT2D eigenvalue weighted by Crippen LogP contribution is 2.37. The number of hydrogen-bond acceptors (Lipinski definition) is 3. The van der Waals surface area contributed by atoms with E-state index in [1.165, 1.54) is 0 Å². The topological polar surface area (TPSA) is 36.3 Å². The summed E-state index contributed by atoms with van der Waals surface area (Å²) in [5.41, 5.74) is 1.86. The van der Waals surface area contributed by atoms with Crippen molar-refractivity contribution in [3.63, 3.8) is 0 Å². The van der Waals surface area contributed by atoms with Crippen LogP contribution in [0.25, 0.3) is 0 Å². The third kappa shape index (κ3) is 4.66. The van der Waals surface area contributed by atoms with Crippen molar-refractivity contribution in [1.29, 1.82) is 5.26 Å². The fourth-order valence-electron chi connectivity index (χ4n) is 3.61. The van der Waals surface area contributed by atoms with E-state index in [9.17, 15) is 13.2 Å². The Bertz CT molecular complexity index is 823. The minimum absolute atomic E-state index is 0.105. The van der Waals surface area contributed by atoms with Gasteiger partial charge in [0.2, 0.25) is 0 Å². The molecule has 2 aromatic rings. The third-order valence-electron chi connectivity index (χ3n) is 5.07. The molecule has 1 aliphatic heterocycles. The zero-order valence-electron chi connectivity index (χ0n) is 15.9. The minimum Gasteiger partial charge on any atom is -0.377 e. The zero-order chi connectivity index (χ0) is 20.3. The van der Waals surface area contributed by atoms with Crippen LogP contribution in [-0.2, 0) is 10.9 Å². The van der Waals surface area contributed by atoms with E-state index in [-0.39, 0.29) is 18.1 Å². The lowest BCUT2D eigenvalue weighted by Crippen LogP contribution is -2.34. The van der Waals surface area contributed by atoms with Gasteiger partial charge < -0.3 is 9.64 Å². The molecule has 0 aliphatic carbocycles. The molecule has 3 rings (SSSR count). The lowest BCUT2D eigenvalue weighted by atomic mass is 9.95. The Morgan fingerprint density at radius 2 is 1.75 bits per heavy atom. The van der Waals surface area contributed by atoms with Crippen molar-refractivity contribution in [2.45, 2.75) is 44.5 Å². The van der Waals surface area contributed by atoms with Crippen LogP contribution in [0.15, 0.2) is 48.5 Å². The van der Waals surface area contributed by atoms with Crippen molar-refractivity contribution in [3.8, 4) is 6.07 Å². The van der Waals surface area contributed by atoms with E-state index in [0.717, 1.165) is 29.8 Å². The van der Waals surface area contributed by atoms with E-state index in [1.54, 1.807) is 24.3 Å². The molecule has 1 heterocycles. The Balaban J connectivity index is 1.81. The summed E-state index contributed by atoms with van der Waals surface area (Å²) < 4.78 is 44.3. The first-order chi connectivity index (χ1) is 13.3. The lowest BCUT2D eigenvalue weighted by molar-refractivity contribution is -0.137. The Kier molecular flexibility index (Phi) is 5.95. The van der Waals surface area contributed by atoms with E-state index in [2.05, 4.69) is 11.0 Å². The highest BCUT2D eigenvalue weighted by molar-refractivity contribution is 5.52. The van der Waals surface area contributed by atoms with Crippen LogP contribution in [0.2, 0.25) is 0 Å². The number of nitrogens with zero attached hydrogens (tertiary/aromatic N) is 2. The Morgan fingerprint density at radius 1 is 1.11 bits per heavy atom. The molecule has 148 valence electrons. The molecular formula is C22H23F3N2O. The molecular weight excluding hydrogens is 365 g/mol. The molecule has 0 N–H and O–H groups in total. The van der Waals surface area contributed by atoms with Gasteiger partial charge in [-0.1, -0.05) is 12.1 Å². The molecule has 2 atom stereocenters. The van der Waals surface area contributed by atoms with Crippen LogP contribution in [0.5, 0.6) is 0 Å². The average Bonchev–Trinajstić information content (AvgIpc) is 3.10. The molecule has 1 fully saturated rings. The van der Waals surface area contributed by atoms with Gasteiger partial charge in [-0.15, -0.1) is 0 Å². The molecule has 0 aromatic heterocycles. The van der Waals surface area contributed by atoms with Gasteiger partial charge in [0.1, 0.15) is 0 Å². The number of halogens is 3. The highest BCUT2D eigenvalue weighted by Gasteiger charge is 2.35. The molecule has 3 nitrogen and oxygen atoms in total. The highest BCUT2D eigenvalue weighted by atomic mass is 19.4. The standard InChI is InChI=1S/C22H23F3N2O/c1-15(2)28-14-21-11-18(17-5-7-19(8-6-17)22(23,24)25)13-27(21)20-9-3-16(12-26)4-10-20/h3-10,15,18,21H,11,13-14H2,1-2H3/t18?,21-/m0/s1. The Hall–Kier alpha value is -2.52. The molecule has 1 saturated heterocycles. The maximum atomic E-state index is 12.8. The second-order valence-corrected chi connectivity index (χ2v) is 7.40. The molecule has 1 aliphatic rings. The number of hydrogen-bond donors (Lipinski definition) is 0. The summed E-state index contributed by atoms with van der Waals surface area (Å²) >= 11 is 0. The van der Waals surface area contributed by atoms with Gasteiger partial charge in [0.15, 0.2) is 0 Å². The molecule has 0 saturated carbocycles. The predicted octanol–water partition coefficient (Wildman–Crippen LogP) is 5.36. The van der Waals surface area contributed by atoms with Gasteiger partial charge in [-0.05, 0) is 62.2 Å². The van der Waals surface area contributed by atoms with Crippen molar-refractivity contribution >= 4 is 5.69 Å². The summed E-state index contributed by atoms with van der Waals surface area (Å²) in [5, 5.41) is 9.00. The van der Waals surface area contributed by atoms with Gasteiger partial charge in [0.05, 0.1) is 35.9 Å². The van der Waals surface area contributed by atoms with Crippen molar-refractivity contribution in [2.24, 2.45) is 0 Å². The van der Waals surface area contributed by atoms with Crippen molar-refractivity contribution in [3.05, 3.63) is 65.2 Å². The summed E-state index contributed by atoms with van der Waals surface area (Å²) in [6, 6.07) is 15.1. The van der Waals surface area contributed by atoms with E-state index in [1.807, 2.05) is 26.0 Å². The number of alkyl halides is 3. The van der Waals surface area contributed by atoms with E-state index < -0.39 is 11.7 Å². The van der Waals surface area contributed by atoms with Crippen LogP contribution in [0.1, 0.15) is 42.9 Å². The minimum atomic E-state index is -4.32. The zero-order valence-corrected chi connectivity index (χ0v) is 15.9. The normalized spacial score (nSPS) is 19.8. The summed E-state index contributed by atoms with van der Waals surface area (Å²) in [4.78, 5) is 2.23. The summed E-state index contributed by atoms with van der Waals surface area (Å²) in [7, 11) is 0. The van der Waals surface area contributed by atoms with Crippen molar-refractivity contribution in [1.82, 2.24) is 0 Å². The van der Waals surface area contributed by atoms with Crippen LogP contribution in [0.3, 0.4) is 0 Å². The first-order valence-electron chi connectivity index (χ1n) is 9.33. The van der Waals surface area contributed by atoms with Crippen LogP contribution >= 0.6 is 0 Å². The monoisotopic (exact) mass is 388 g/mol. The number of anilines is 1. The van der Waals surface area contributed by atoms with Crippen LogP contribution in [0.4, 0.5) is 18.9 Å². The van der Waals surface area contributed by atoms with Crippen molar-refractivity contribution < 1.29 is 17.9 Å². The summed E-state index contributed by atoms with van der Waals surface area (Å²) in [6.45, 7) is 5.21. The van der Waals surface area contributed by atoms with Crippen LogP contribution in [-0.4, -0.2) is 25.3 Å². The molecule has 0 spiro atoms. The van der Waals surface area contributed by atoms with Crippen LogP contribution in [0, 0.1) is 11.3 Å². The molecule has 1 unspecified atom stereocenters. The molecule has 0 bridgehead atoms. The Labute approximate surface area is 163 Å². The molecule has 0 radical (unpaired) electrons. The van der Waals surface area contributed by atoms with Gasteiger partial charge in [-0.2, -0.15) is 18.4 Å². The summed E-state index contributed by atoms with van der Waals surface area (Å²) in [5.74, 6) is 0.124. The lowest BCUT2D eigenvalue weighted by Gasteiger charge is -2.27. The number of rotatable bonds is 5. The molecule has 28 heavy (non-hydrogen) atoms.